The van der Waals surface area contributed by atoms with Gasteiger partial charge in [-0.25, -0.2) is 8.42 Å². The van der Waals surface area contributed by atoms with Gasteiger partial charge >= 0.3 is 0 Å². The number of nitrogens with one attached hydrogen (secondary N) is 1. The van der Waals surface area contributed by atoms with Crippen LogP contribution in [0, 0.1) is 17.8 Å². The number of methoxy groups -OCH3 is 2. The molecular weight excluding hydrogens is 745 g/mol. The average Bonchev–Trinajstić information content (AvgIpc) is 3.49. The zero-order valence-electron chi connectivity index (χ0n) is 33.2. The summed E-state index contributed by atoms with van der Waals surface area (Å²) in [6.07, 6.45) is 5.43. The number of ether oxygens (including phenoxy) is 3. The van der Waals surface area contributed by atoms with Crippen molar-refractivity contribution in [3.63, 3.8) is 0 Å². The highest BCUT2D eigenvalue weighted by atomic mass is 32.2. The van der Waals surface area contributed by atoms with Crippen LogP contribution in [-0.4, -0.2) is 101 Å². The summed E-state index contributed by atoms with van der Waals surface area (Å²) in [5, 5.41) is 2.43. The van der Waals surface area contributed by atoms with E-state index in [-0.39, 0.29) is 29.4 Å². The number of amides is 3. The van der Waals surface area contributed by atoms with E-state index >= 15 is 0 Å². The van der Waals surface area contributed by atoms with E-state index < -0.39 is 22.1 Å². The van der Waals surface area contributed by atoms with E-state index in [2.05, 4.69) is 27.0 Å². The number of nitrogens with zero attached hydrogens (tertiary/aromatic N) is 3. The predicted molar refractivity (Wildman–Crippen MR) is 217 cm³/mol. The maximum Gasteiger partial charge on any atom is 0.257 e. The number of imide groups is 1. The molecule has 4 heterocycles. The number of carbonyl (C=O) groups excluding carboxylic acids is 3. The SMILES string of the molecule is CCOc1cc([C@@H](CS(C)(=O)=O)N2C(=O)c3ccc(N4CCC(N5CCC(C#Cc6ccc(C7CCC(=O)NC7=O)cc6)CC5)CC4)cc3C2OC)ccc1OC. The first kappa shape index (κ1) is 40.3. The molecule has 0 aliphatic carbocycles. The minimum absolute atomic E-state index is 0.205. The second-order valence-corrected chi connectivity index (χ2v) is 17.6. The number of rotatable bonds is 11. The number of hydrogen-bond acceptors (Lipinski definition) is 10. The fraction of sp³-hybridized carbons (Fsp3) is 0.477. The molecule has 0 spiro atoms. The molecule has 2 unspecified atom stereocenters. The van der Waals surface area contributed by atoms with Crippen molar-refractivity contribution >= 4 is 33.2 Å². The molecule has 302 valence electrons. The van der Waals surface area contributed by atoms with Gasteiger partial charge in [0.25, 0.3) is 5.91 Å². The lowest BCUT2D eigenvalue weighted by Crippen LogP contribution is -2.47. The molecule has 13 heteroatoms. The van der Waals surface area contributed by atoms with Crippen LogP contribution in [0.15, 0.2) is 60.7 Å². The molecular formula is C44H52N4O8S. The Kier molecular flexibility index (Phi) is 12.2. The Morgan fingerprint density at radius 1 is 0.877 bits per heavy atom. The van der Waals surface area contributed by atoms with Gasteiger partial charge in [0.05, 0.1) is 31.4 Å². The van der Waals surface area contributed by atoms with Crippen molar-refractivity contribution in [3.05, 3.63) is 88.5 Å². The Balaban J connectivity index is 0.963. The molecule has 1 N–H and O–H groups in total. The van der Waals surface area contributed by atoms with Crippen molar-refractivity contribution in [3.8, 4) is 23.3 Å². The van der Waals surface area contributed by atoms with Crippen LogP contribution in [0.1, 0.15) is 96.2 Å². The molecule has 3 aromatic carbocycles. The molecule has 4 aliphatic heterocycles. The highest BCUT2D eigenvalue weighted by Gasteiger charge is 2.43. The summed E-state index contributed by atoms with van der Waals surface area (Å²) in [6, 6.07) is 18.7. The number of anilines is 1. The Hall–Kier alpha value is -4.90. The van der Waals surface area contributed by atoms with Gasteiger partial charge in [-0.2, -0.15) is 0 Å². The summed E-state index contributed by atoms with van der Waals surface area (Å²) >= 11 is 0. The zero-order valence-corrected chi connectivity index (χ0v) is 34.0. The van der Waals surface area contributed by atoms with Crippen LogP contribution in [0.2, 0.25) is 0 Å². The normalized spacial score (nSPS) is 21.4. The maximum atomic E-state index is 14.1. The highest BCUT2D eigenvalue weighted by molar-refractivity contribution is 7.90. The number of likely N-dealkylation sites (tertiary alicyclic amines) is 1. The van der Waals surface area contributed by atoms with Crippen LogP contribution >= 0.6 is 0 Å². The molecule has 3 atom stereocenters. The van der Waals surface area contributed by atoms with Crippen LogP contribution in [0.4, 0.5) is 5.69 Å². The molecule has 57 heavy (non-hydrogen) atoms. The summed E-state index contributed by atoms with van der Waals surface area (Å²) < 4.78 is 42.8. The topological polar surface area (TPSA) is 135 Å². The molecule has 7 rings (SSSR count). The molecule has 3 aromatic rings. The quantitative estimate of drug-likeness (QED) is 0.203. The summed E-state index contributed by atoms with van der Waals surface area (Å²) in [6.45, 7) is 6.06. The van der Waals surface area contributed by atoms with Crippen molar-refractivity contribution in [2.75, 3.05) is 63.9 Å². The van der Waals surface area contributed by atoms with Gasteiger partial charge in [0.1, 0.15) is 9.84 Å². The number of carbonyl (C=O) groups is 3. The molecule has 4 aliphatic rings. The third-order valence-corrected chi connectivity index (χ3v) is 12.7. The van der Waals surface area contributed by atoms with Crippen LogP contribution in [-0.2, 0) is 24.2 Å². The van der Waals surface area contributed by atoms with Gasteiger partial charge in [-0.15, -0.1) is 0 Å². The Labute approximate surface area is 335 Å². The fourth-order valence-corrected chi connectivity index (χ4v) is 9.70. The summed E-state index contributed by atoms with van der Waals surface area (Å²) in [4.78, 5) is 44.4. The molecule has 12 nitrogen and oxygen atoms in total. The van der Waals surface area contributed by atoms with E-state index in [1.54, 1.807) is 37.3 Å². The minimum atomic E-state index is -3.52. The third-order valence-electron chi connectivity index (χ3n) is 11.8. The van der Waals surface area contributed by atoms with E-state index in [9.17, 15) is 22.8 Å². The van der Waals surface area contributed by atoms with Gasteiger partial charge in [-0.05, 0) is 106 Å². The van der Waals surface area contributed by atoms with Crippen molar-refractivity contribution in [2.45, 2.75) is 69.7 Å². The molecule has 0 radical (unpaired) electrons. The van der Waals surface area contributed by atoms with E-state index in [0.29, 0.717) is 54.0 Å². The van der Waals surface area contributed by atoms with Crippen LogP contribution in [0.25, 0.3) is 0 Å². The average molecular weight is 797 g/mol. The Morgan fingerprint density at radius 2 is 1.61 bits per heavy atom. The van der Waals surface area contributed by atoms with Gasteiger partial charge in [-0.1, -0.05) is 30.0 Å². The molecule has 3 fully saturated rings. The maximum absolute atomic E-state index is 14.1. The van der Waals surface area contributed by atoms with Crippen molar-refractivity contribution < 1.29 is 37.0 Å². The number of sulfone groups is 1. The molecule has 3 amide bonds. The van der Waals surface area contributed by atoms with Crippen LogP contribution in [0.3, 0.4) is 0 Å². The van der Waals surface area contributed by atoms with Gasteiger partial charge in [0.15, 0.2) is 17.7 Å². The number of fused-ring (bicyclic) bond motifs is 1. The van der Waals surface area contributed by atoms with E-state index in [1.165, 1.54) is 6.26 Å². The highest BCUT2D eigenvalue weighted by Crippen LogP contribution is 2.44. The molecule has 0 aromatic heterocycles. The zero-order chi connectivity index (χ0) is 40.3. The van der Waals surface area contributed by atoms with Gasteiger partial charge < -0.3 is 28.9 Å². The first-order chi connectivity index (χ1) is 27.5. The van der Waals surface area contributed by atoms with Crippen molar-refractivity contribution in [1.82, 2.24) is 15.1 Å². The van der Waals surface area contributed by atoms with Gasteiger partial charge in [0.2, 0.25) is 11.8 Å². The molecule has 0 saturated carbocycles. The second-order valence-electron chi connectivity index (χ2n) is 15.4. The smallest absolute Gasteiger partial charge is 0.257 e. The summed E-state index contributed by atoms with van der Waals surface area (Å²) in [5.74, 6) is 6.90. The molecule has 3 saturated heterocycles. The standard InChI is InChI=1S/C44H52N4O8S/c1-5-56-40-26-32(12-16-39(40)54-2)38(28-57(4,52)53)48-43(51)36-14-13-34(27-37(36)44(48)55-3)47-24-20-33(21-25-47)46-22-18-30(19-23-46)7-6-29-8-10-31(11-9-29)35-15-17-41(49)45-42(35)50/h8-14,16,26-27,30,33,35,38,44H,5,15,17-25,28H2,1-4H3,(H,45,49,50)/t35?,38-,44?/m1/s1. The predicted octanol–water partition coefficient (Wildman–Crippen LogP) is 5.23. The monoisotopic (exact) mass is 796 g/mol. The fourth-order valence-electron chi connectivity index (χ4n) is 8.77. The largest absolute Gasteiger partial charge is 0.493 e. The van der Waals surface area contributed by atoms with Crippen molar-refractivity contribution in [1.29, 1.82) is 0 Å². The van der Waals surface area contributed by atoms with E-state index in [4.69, 9.17) is 14.2 Å². The lowest BCUT2D eigenvalue weighted by Gasteiger charge is -2.42. The minimum Gasteiger partial charge on any atom is -0.493 e. The Bertz CT molecular complexity index is 2150. The second kappa shape index (κ2) is 17.3. The van der Waals surface area contributed by atoms with Crippen molar-refractivity contribution in [2.24, 2.45) is 5.92 Å². The number of benzene rings is 3. The Morgan fingerprint density at radius 3 is 2.26 bits per heavy atom. The first-order valence-corrected chi connectivity index (χ1v) is 21.9. The number of piperidine rings is 3. The summed E-state index contributed by atoms with van der Waals surface area (Å²) in [7, 11) is -0.420. The first-order valence-electron chi connectivity index (χ1n) is 19.9. The van der Waals surface area contributed by atoms with Gasteiger partial charge in [-0.3, -0.25) is 19.7 Å². The van der Waals surface area contributed by atoms with E-state index in [0.717, 1.165) is 74.2 Å². The van der Waals surface area contributed by atoms with Crippen LogP contribution in [0.5, 0.6) is 11.5 Å². The molecule has 0 bridgehead atoms. The lowest BCUT2D eigenvalue weighted by atomic mass is 9.90. The third kappa shape index (κ3) is 8.98. The van der Waals surface area contributed by atoms with E-state index in [1.807, 2.05) is 49.4 Å². The summed E-state index contributed by atoms with van der Waals surface area (Å²) in [5.41, 5.74) is 4.72. The lowest BCUT2D eigenvalue weighted by molar-refractivity contribution is -0.134. The van der Waals surface area contributed by atoms with Crippen LogP contribution < -0.4 is 19.7 Å². The van der Waals surface area contributed by atoms with Gasteiger partial charge in [0, 0.05) is 67.2 Å². The number of hydrogen-bond donors (Lipinski definition) is 1.